The highest BCUT2D eigenvalue weighted by Crippen LogP contribution is 2.26. The SMILES string of the molecule is CCn1ccnc1CC(O)c1sc(C)nc1C. The number of aryl methyl sites for hydroxylation is 3. The zero-order valence-corrected chi connectivity index (χ0v) is 11.2. The Morgan fingerprint density at radius 2 is 2.24 bits per heavy atom. The van der Waals surface area contributed by atoms with Gasteiger partial charge in [0.1, 0.15) is 5.82 Å². The van der Waals surface area contributed by atoms with E-state index in [1.165, 1.54) is 0 Å². The molecule has 1 unspecified atom stereocenters. The van der Waals surface area contributed by atoms with Gasteiger partial charge in [-0.3, -0.25) is 0 Å². The number of hydrogen-bond acceptors (Lipinski definition) is 4. The lowest BCUT2D eigenvalue weighted by Crippen LogP contribution is -2.08. The highest BCUT2D eigenvalue weighted by atomic mass is 32.1. The van der Waals surface area contributed by atoms with E-state index >= 15 is 0 Å². The van der Waals surface area contributed by atoms with Crippen LogP contribution < -0.4 is 0 Å². The van der Waals surface area contributed by atoms with Crippen molar-refractivity contribution in [2.24, 2.45) is 0 Å². The summed E-state index contributed by atoms with van der Waals surface area (Å²) >= 11 is 1.56. The molecule has 0 bridgehead atoms. The van der Waals surface area contributed by atoms with Crippen LogP contribution in [0.5, 0.6) is 0 Å². The van der Waals surface area contributed by atoms with Crippen LogP contribution in [0, 0.1) is 13.8 Å². The first-order chi connectivity index (χ1) is 8.11. The number of thiazole rings is 1. The molecule has 1 N–H and O–H groups in total. The van der Waals surface area contributed by atoms with E-state index in [0.29, 0.717) is 6.42 Å². The lowest BCUT2D eigenvalue weighted by atomic mass is 10.2. The molecule has 5 heteroatoms. The van der Waals surface area contributed by atoms with Crippen molar-refractivity contribution in [3.05, 3.63) is 33.8 Å². The van der Waals surface area contributed by atoms with E-state index in [2.05, 4.69) is 16.9 Å². The third-order valence-electron chi connectivity index (χ3n) is 2.76. The Hall–Kier alpha value is -1.20. The fourth-order valence-corrected chi connectivity index (χ4v) is 2.85. The summed E-state index contributed by atoms with van der Waals surface area (Å²) < 4.78 is 2.05. The lowest BCUT2D eigenvalue weighted by Gasteiger charge is -2.10. The molecule has 0 aliphatic rings. The number of imidazole rings is 1. The van der Waals surface area contributed by atoms with E-state index in [1.807, 2.05) is 24.6 Å². The highest BCUT2D eigenvalue weighted by Gasteiger charge is 2.17. The zero-order valence-electron chi connectivity index (χ0n) is 10.3. The molecule has 2 aromatic heterocycles. The van der Waals surface area contributed by atoms with Gasteiger partial charge in [-0.15, -0.1) is 11.3 Å². The summed E-state index contributed by atoms with van der Waals surface area (Å²) in [5.74, 6) is 0.922. The summed E-state index contributed by atoms with van der Waals surface area (Å²) in [7, 11) is 0. The standard InChI is InChI=1S/C12H17N3OS/c1-4-15-6-5-13-11(15)7-10(16)12-8(2)14-9(3)17-12/h5-6,10,16H,4,7H2,1-3H3. The maximum atomic E-state index is 10.2. The van der Waals surface area contributed by atoms with Gasteiger partial charge < -0.3 is 9.67 Å². The van der Waals surface area contributed by atoms with Crippen molar-refractivity contribution < 1.29 is 5.11 Å². The monoisotopic (exact) mass is 251 g/mol. The van der Waals surface area contributed by atoms with E-state index in [9.17, 15) is 5.11 Å². The minimum absolute atomic E-state index is 0.506. The number of aromatic nitrogens is 3. The van der Waals surface area contributed by atoms with Gasteiger partial charge in [0.25, 0.3) is 0 Å². The molecule has 0 amide bonds. The molecule has 0 aliphatic heterocycles. The van der Waals surface area contributed by atoms with Gasteiger partial charge in [0.2, 0.25) is 0 Å². The third-order valence-corrected chi connectivity index (χ3v) is 3.93. The van der Waals surface area contributed by atoms with E-state index in [0.717, 1.165) is 27.9 Å². The fraction of sp³-hybridized carbons (Fsp3) is 0.500. The van der Waals surface area contributed by atoms with Gasteiger partial charge in [0.15, 0.2) is 0 Å². The van der Waals surface area contributed by atoms with Crippen LogP contribution >= 0.6 is 11.3 Å². The minimum Gasteiger partial charge on any atom is -0.387 e. The van der Waals surface area contributed by atoms with Crippen molar-refractivity contribution in [1.82, 2.24) is 14.5 Å². The lowest BCUT2D eigenvalue weighted by molar-refractivity contribution is 0.177. The van der Waals surface area contributed by atoms with Crippen LogP contribution in [0.15, 0.2) is 12.4 Å². The Labute approximate surface area is 105 Å². The summed E-state index contributed by atoms with van der Waals surface area (Å²) in [4.78, 5) is 9.56. The van der Waals surface area contributed by atoms with Crippen LogP contribution in [-0.2, 0) is 13.0 Å². The van der Waals surface area contributed by atoms with Crippen LogP contribution in [0.1, 0.15) is 34.4 Å². The smallest absolute Gasteiger partial charge is 0.111 e. The van der Waals surface area contributed by atoms with Gasteiger partial charge in [-0.1, -0.05) is 0 Å². The molecule has 0 radical (unpaired) electrons. The van der Waals surface area contributed by atoms with Gasteiger partial charge in [-0.25, -0.2) is 9.97 Å². The molecule has 0 fully saturated rings. The quantitative estimate of drug-likeness (QED) is 0.906. The van der Waals surface area contributed by atoms with Gasteiger partial charge in [0.05, 0.1) is 21.7 Å². The number of hydrogen-bond donors (Lipinski definition) is 1. The molecular formula is C12H17N3OS. The second-order valence-corrected chi connectivity index (χ2v) is 5.27. The summed E-state index contributed by atoms with van der Waals surface area (Å²) in [6, 6.07) is 0. The van der Waals surface area contributed by atoms with Crippen molar-refractivity contribution >= 4 is 11.3 Å². The predicted molar refractivity (Wildman–Crippen MR) is 68.2 cm³/mol. The molecule has 0 aromatic carbocycles. The number of rotatable bonds is 4. The second kappa shape index (κ2) is 4.98. The summed E-state index contributed by atoms with van der Waals surface area (Å²) in [5.41, 5.74) is 0.926. The Morgan fingerprint density at radius 3 is 2.82 bits per heavy atom. The molecule has 0 saturated carbocycles. The Bertz CT molecular complexity index is 504. The highest BCUT2D eigenvalue weighted by molar-refractivity contribution is 7.11. The van der Waals surface area contributed by atoms with Crippen LogP contribution in [0.3, 0.4) is 0 Å². The Morgan fingerprint density at radius 1 is 1.47 bits per heavy atom. The van der Waals surface area contributed by atoms with Crippen molar-refractivity contribution in [1.29, 1.82) is 0 Å². The zero-order chi connectivity index (χ0) is 12.4. The van der Waals surface area contributed by atoms with E-state index < -0.39 is 6.10 Å². The Balaban J connectivity index is 2.17. The van der Waals surface area contributed by atoms with Crippen LogP contribution in [0.4, 0.5) is 0 Å². The Kier molecular flexibility index (Phi) is 3.59. The predicted octanol–water partition coefficient (Wildman–Crippen LogP) is 2.25. The van der Waals surface area contributed by atoms with Crippen molar-refractivity contribution in [3.63, 3.8) is 0 Å². The molecule has 0 aliphatic carbocycles. The molecule has 0 spiro atoms. The molecule has 2 aromatic rings. The van der Waals surface area contributed by atoms with Gasteiger partial charge in [-0.05, 0) is 20.8 Å². The maximum Gasteiger partial charge on any atom is 0.111 e. The molecule has 0 saturated heterocycles. The first kappa shape index (κ1) is 12.3. The third kappa shape index (κ3) is 2.56. The number of aliphatic hydroxyl groups is 1. The minimum atomic E-state index is -0.506. The normalized spacial score (nSPS) is 12.9. The van der Waals surface area contributed by atoms with Crippen molar-refractivity contribution in [3.8, 4) is 0 Å². The van der Waals surface area contributed by atoms with E-state index in [4.69, 9.17) is 0 Å². The molecule has 4 nitrogen and oxygen atoms in total. The fourth-order valence-electron chi connectivity index (χ4n) is 1.94. The summed E-state index contributed by atoms with van der Waals surface area (Å²) in [5, 5.41) is 11.2. The molecule has 17 heavy (non-hydrogen) atoms. The first-order valence-corrected chi connectivity index (χ1v) is 6.55. The largest absolute Gasteiger partial charge is 0.387 e. The molecular weight excluding hydrogens is 234 g/mol. The number of aliphatic hydroxyl groups excluding tert-OH is 1. The van der Waals surface area contributed by atoms with Crippen molar-refractivity contribution in [2.75, 3.05) is 0 Å². The van der Waals surface area contributed by atoms with Gasteiger partial charge >= 0.3 is 0 Å². The van der Waals surface area contributed by atoms with Crippen molar-refractivity contribution in [2.45, 2.75) is 39.8 Å². The summed E-state index contributed by atoms with van der Waals surface area (Å²) in [6.45, 7) is 6.84. The van der Waals surface area contributed by atoms with E-state index in [1.54, 1.807) is 17.5 Å². The average molecular weight is 251 g/mol. The molecule has 2 rings (SSSR count). The van der Waals surface area contributed by atoms with Crippen LogP contribution in [-0.4, -0.2) is 19.6 Å². The van der Waals surface area contributed by atoms with Crippen LogP contribution in [0.2, 0.25) is 0 Å². The molecule has 92 valence electrons. The number of nitrogens with zero attached hydrogens (tertiary/aromatic N) is 3. The summed E-state index contributed by atoms with van der Waals surface area (Å²) in [6.07, 6.45) is 3.75. The second-order valence-electron chi connectivity index (χ2n) is 4.03. The van der Waals surface area contributed by atoms with Gasteiger partial charge in [0, 0.05) is 25.4 Å². The molecule has 1 atom stereocenters. The topological polar surface area (TPSA) is 50.9 Å². The van der Waals surface area contributed by atoms with Crippen LogP contribution in [0.25, 0.3) is 0 Å². The van der Waals surface area contributed by atoms with E-state index in [-0.39, 0.29) is 0 Å². The maximum absolute atomic E-state index is 10.2. The van der Waals surface area contributed by atoms with Gasteiger partial charge in [-0.2, -0.15) is 0 Å². The average Bonchev–Trinajstić information content (AvgIpc) is 2.84. The first-order valence-electron chi connectivity index (χ1n) is 5.73. The molecule has 2 heterocycles.